The van der Waals surface area contributed by atoms with Crippen LogP contribution >= 0.6 is 0 Å². The van der Waals surface area contributed by atoms with Gasteiger partial charge in [-0.25, -0.2) is 14.1 Å². The van der Waals surface area contributed by atoms with Gasteiger partial charge in [0.1, 0.15) is 12.4 Å². The van der Waals surface area contributed by atoms with Crippen molar-refractivity contribution in [3.8, 4) is 0 Å². The lowest BCUT2D eigenvalue weighted by atomic mass is 10.2. The van der Waals surface area contributed by atoms with Crippen molar-refractivity contribution < 1.29 is 14.0 Å². The molecule has 5 heteroatoms. The lowest BCUT2D eigenvalue weighted by Crippen LogP contribution is -2.38. The summed E-state index contributed by atoms with van der Waals surface area (Å²) in [4.78, 5) is 26.9. The molecule has 0 atom stereocenters. The number of carbonyl (C=O) groups excluding carboxylic acids is 2. The predicted molar refractivity (Wildman–Crippen MR) is 68.2 cm³/mol. The van der Waals surface area contributed by atoms with Crippen LogP contribution in [0.3, 0.4) is 0 Å². The molecular formula is C14H15FN2O2. The minimum atomic E-state index is -0.544. The lowest BCUT2D eigenvalue weighted by molar-refractivity contribution is -0.116. The maximum absolute atomic E-state index is 13.7. The van der Waals surface area contributed by atoms with Crippen LogP contribution in [0.25, 0.3) is 0 Å². The van der Waals surface area contributed by atoms with Gasteiger partial charge in [0.2, 0.25) is 0 Å². The second-order valence-corrected chi connectivity index (χ2v) is 5.03. The van der Waals surface area contributed by atoms with E-state index in [-0.39, 0.29) is 30.2 Å². The van der Waals surface area contributed by atoms with Crippen molar-refractivity contribution in [2.75, 3.05) is 11.4 Å². The Morgan fingerprint density at radius 1 is 1.11 bits per heavy atom. The summed E-state index contributed by atoms with van der Waals surface area (Å²) in [5.74, 6) is -0.889. The number of amides is 3. The molecule has 1 saturated heterocycles. The average molecular weight is 262 g/mol. The predicted octanol–water partition coefficient (Wildman–Crippen LogP) is 2.54. The zero-order valence-electron chi connectivity index (χ0n) is 10.5. The summed E-state index contributed by atoms with van der Waals surface area (Å²) in [5.41, 5.74) is 0.0537. The third-order valence-corrected chi connectivity index (χ3v) is 3.85. The van der Waals surface area contributed by atoms with Gasteiger partial charge in [-0.3, -0.25) is 4.79 Å². The molecule has 0 bridgehead atoms. The second-order valence-electron chi connectivity index (χ2n) is 5.03. The van der Waals surface area contributed by atoms with E-state index in [4.69, 9.17) is 0 Å². The van der Waals surface area contributed by atoms with Gasteiger partial charge in [0.25, 0.3) is 5.91 Å². The van der Waals surface area contributed by atoms with Crippen LogP contribution in [-0.4, -0.2) is 29.4 Å². The van der Waals surface area contributed by atoms with Crippen molar-refractivity contribution in [1.29, 1.82) is 0 Å². The quantitative estimate of drug-likeness (QED) is 0.768. The molecule has 100 valence electrons. The van der Waals surface area contributed by atoms with Crippen LogP contribution in [0.2, 0.25) is 0 Å². The molecule has 1 aliphatic heterocycles. The van der Waals surface area contributed by atoms with Gasteiger partial charge in [0.15, 0.2) is 0 Å². The normalized spacial score (nSPS) is 20.7. The van der Waals surface area contributed by atoms with Crippen LogP contribution in [0.15, 0.2) is 24.3 Å². The van der Waals surface area contributed by atoms with E-state index in [9.17, 15) is 14.0 Å². The SMILES string of the molecule is O=C1CN(C2CCCC2)C(=O)N1c1ccccc1F. The van der Waals surface area contributed by atoms with E-state index in [1.54, 1.807) is 17.0 Å². The van der Waals surface area contributed by atoms with E-state index in [1.807, 2.05) is 0 Å². The van der Waals surface area contributed by atoms with E-state index >= 15 is 0 Å². The fourth-order valence-electron chi connectivity index (χ4n) is 2.89. The Kier molecular flexibility index (Phi) is 2.97. The molecule has 1 saturated carbocycles. The summed E-state index contributed by atoms with van der Waals surface area (Å²) in [5, 5.41) is 0. The van der Waals surface area contributed by atoms with Gasteiger partial charge in [0, 0.05) is 6.04 Å². The molecule has 0 unspecified atom stereocenters. The van der Waals surface area contributed by atoms with Gasteiger partial charge >= 0.3 is 6.03 Å². The Morgan fingerprint density at radius 3 is 2.47 bits per heavy atom. The Hall–Kier alpha value is -1.91. The number of para-hydroxylation sites is 1. The van der Waals surface area contributed by atoms with Crippen molar-refractivity contribution in [3.63, 3.8) is 0 Å². The van der Waals surface area contributed by atoms with Crippen LogP contribution in [-0.2, 0) is 4.79 Å². The average Bonchev–Trinajstić information content (AvgIpc) is 3.00. The fourth-order valence-corrected chi connectivity index (χ4v) is 2.89. The first-order valence-electron chi connectivity index (χ1n) is 6.56. The van der Waals surface area contributed by atoms with Gasteiger partial charge < -0.3 is 4.90 Å². The number of urea groups is 1. The maximum Gasteiger partial charge on any atom is 0.332 e. The molecule has 2 fully saturated rings. The molecule has 1 heterocycles. The highest BCUT2D eigenvalue weighted by atomic mass is 19.1. The van der Waals surface area contributed by atoms with Gasteiger partial charge in [-0.05, 0) is 25.0 Å². The highest BCUT2D eigenvalue weighted by Gasteiger charge is 2.42. The number of hydrogen-bond acceptors (Lipinski definition) is 2. The highest BCUT2D eigenvalue weighted by molar-refractivity contribution is 6.19. The minimum absolute atomic E-state index is 0.0537. The standard InChI is InChI=1S/C14H15FN2O2/c15-11-7-3-4-8-12(11)17-13(18)9-16(14(17)19)10-5-1-2-6-10/h3-4,7-8,10H,1-2,5-6,9H2. The number of nitrogens with zero attached hydrogens (tertiary/aromatic N) is 2. The molecule has 2 aliphatic rings. The summed E-state index contributed by atoms with van der Waals surface area (Å²) < 4.78 is 13.7. The Labute approximate surface area is 110 Å². The van der Waals surface area contributed by atoms with E-state index in [1.165, 1.54) is 12.1 Å². The number of hydrogen-bond donors (Lipinski definition) is 0. The molecular weight excluding hydrogens is 247 g/mol. The first kappa shape index (κ1) is 12.1. The number of carbonyl (C=O) groups is 2. The molecule has 0 N–H and O–H groups in total. The van der Waals surface area contributed by atoms with Crippen LogP contribution in [0, 0.1) is 5.82 Å². The Bertz CT molecular complexity index is 526. The van der Waals surface area contributed by atoms with Crippen molar-refractivity contribution in [2.45, 2.75) is 31.7 Å². The van der Waals surface area contributed by atoms with Crippen LogP contribution in [0.5, 0.6) is 0 Å². The van der Waals surface area contributed by atoms with Crippen molar-refractivity contribution in [3.05, 3.63) is 30.1 Å². The zero-order valence-corrected chi connectivity index (χ0v) is 10.5. The molecule has 0 spiro atoms. The number of anilines is 1. The number of halogens is 1. The molecule has 19 heavy (non-hydrogen) atoms. The summed E-state index contributed by atoms with van der Waals surface area (Å²) in [6, 6.07) is 5.63. The van der Waals surface area contributed by atoms with E-state index in [0.29, 0.717) is 0 Å². The third-order valence-electron chi connectivity index (χ3n) is 3.85. The Balaban J connectivity index is 1.89. The lowest BCUT2D eigenvalue weighted by Gasteiger charge is -2.23. The fraction of sp³-hybridized carbons (Fsp3) is 0.429. The van der Waals surface area contributed by atoms with Crippen molar-refractivity contribution in [2.24, 2.45) is 0 Å². The third kappa shape index (κ3) is 1.99. The molecule has 1 aliphatic carbocycles. The highest BCUT2D eigenvalue weighted by Crippen LogP contribution is 2.30. The molecule has 0 radical (unpaired) electrons. The number of rotatable bonds is 2. The molecule has 4 nitrogen and oxygen atoms in total. The molecule has 1 aromatic carbocycles. The van der Waals surface area contributed by atoms with Crippen molar-refractivity contribution in [1.82, 2.24) is 4.90 Å². The summed E-state index contributed by atoms with van der Waals surface area (Å²) in [6.45, 7) is 0.0673. The smallest absolute Gasteiger partial charge is 0.312 e. The topological polar surface area (TPSA) is 40.6 Å². The van der Waals surface area contributed by atoms with E-state index < -0.39 is 5.82 Å². The van der Waals surface area contributed by atoms with Crippen LogP contribution in [0.4, 0.5) is 14.9 Å². The first-order chi connectivity index (χ1) is 9.18. The van der Waals surface area contributed by atoms with Gasteiger partial charge in [-0.1, -0.05) is 25.0 Å². The van der Waals surface area contributed by atoms with E-state index in [0.717, 1.165) is 30.6 Å². The van der Waals surface area contributed by atoms with Gasteiger partial charge in [-0.15, -0.1) is 0 Å². The number of benzene rings is 1. The van der Waals surface area contributed by atoms with Gasteiger partial charge in [-0.2, -0.15) is 0 Å². The number of imide groups is 1. The second kappa shape index (κ2) is 4.64. The van der Waals surface area contributed by atoms with Crippen LogP contribution in [0.1, 0.15) is 25.7 Å². The summed E-state index contributed by atoms with van der Waals surface area (Å²) in [7, 11) is 0. The molecule has 0 aromatic heterocycles. The van der Waals surface area contributed by atoms with Crippen molar-refractivity contribution >= 4 is 17.6 Å². The molecule has 1 aromatic rings. The Morgan fingerprint density at radius 2 is 1.79 bits per heavy atom. The first-order valence-corrected chi connectivity index (χ1v) is 6.56. The zero-order chi connectivity index (χ0) is 13.4. The molecule has 3 rings (SSSR count). The summed E-state index contributed by atoms with van der Waals surface area (Å²) in [6.07, 6.45) is 4.04. The maximum atomic E-state index is 13.7. The van der Waals surface area contributed by atoms with E-state index in [2.05, 4.69) is 0 Å². The monoisotopic (exact) mass is 262 g/mol. The van der Waals surface area contributed by atoms with Gasteiger partial charge in [0.05, 0.1) is 5.69 Å². The summed E-state index contributed by atoms with van der Waals surface area (Å²) >= 11 is 0. The van der Waals surface area contributed by atoms with Crippen LogP contribution < -0.4 is 4.90 Å². The largest absolute Gasteiger partial charge is 0.332 e. The minimum Gasteiger partial charge on any atom is -0.312 e. The molecule has 3 amide bonds.